The van der Waals surface area contributed by atoms with E-state index >= 15 is 0 Å². The van der Waals surface area contributed by atoms with E-state index in [4.69, 9.17) is 0 Å². The van der Waals surface area contributed by atoms with Gasteiger partial charge in [-0.15, -0.1) is 11.3 Å². The number of carbonyl (C=O) groups is 1. The highest BCUT2D eigenvalue weighted by atomic mass is 32.1. The van der Waals surface area contributed by atoms with Crippen molar-refractivity contribution in [1.82, 2.24) is 9.88 Å². The van der Waals surface area contributed by atoms with Crippen molar-refractivity contribution in [3.05, 3.63) is 46.5 Å². The molecule has 2 heterocycles. The highest BCUT2D eigenvalue weighted by Gasteiger charge is 2.23. The van der Waals surface area contributed by atoms with Crippen molar-refractivity contribution in [2.24, 2.45) is 0 Å². The van der Waals surface area contributed by atoms with Crippen LogP contribution in [0.3, 0.4) is 0 Å². The van der Waals surface area contributed by atoms with Gasteiger partial charge in [0.1, 0.15) is 0 Å². The van der Waals surface area contributed by atoms with E-state index in [1.807, 2.05) is 37.3 Å². The number of fused-ring (bicyclic) bond motifs is 1. The van der Waals surface area contributed by atoms with Crippen LogP contribution in [0.5, 0.6) is 0 Å². The van der Waals surface area contributed by atoms with E-state index in [2.05, 4.69) is 22.1 Å². The average Bonchev–Trinajstić information content (AvgIpc) is 2.97. The van der Waals surface area contributed by atoms with Crippen LogP contribution in [0.15, 0.2) is 30.3 Å². The lowest BCUT2D eigenvalue weighted by molar-refractivity contribution is -0.117. The fourth-order valence-corrected chi connectivity index (χ4v) is 4.08. The molecule has 0 fully saturated rings. The maximum atomic E-state index is 12.6. The van der Waals surface area contributed by atoms with Gasteiger partial charge in [0.2, 0.25) is 5.91 Å². The predicted octanol–water partition coefficient (Wildman–Crippen LogP) is 3.65. The molecular weight excluding hydrogens is 306 g/mol. The summed E-state index contributed by atoms with van der Waals surface area (Å²) in [4.78, 5) is 21.0. The van der Waals surface area contributed by atoms with Crippen molar-refractivity contribution in [3.8, 4) is 0 Å². The van der Waals surface area contributed by atoms with Crippen LogP contribution >= 0.6 is 11.3 Å². The van der Waals surface area contributed by atoms with Crippen LogP contribution in [0.4, 0.5) is 5.13 Å². The van der Waals surface area contributed by atoms with Crippen molar-refractivity contribution >= 4 is 22.4 Å². The number of aromatic nitrogens is 1. The van der Waals surface area contributed by atoms with Gasteiger partial charge in [-0.25, -0.2) is 4.98 Å². The first-order chi connectivity index (χ1) is 11.2. The van der Waals surface area contributed by atoms with Gasteiger partial charge < -0.3 is 5.32 Å². The van der Waals surface area contributed by atoms with Crippen LogP contribution in [0.1, 0.15) is 42.3 Å². The Morgan fingerprint density at radius 2 is 2.13 bits per heavy atom. The first-order valence-electron chi connectivity index (χ1n) is 8.28. The van der Waals surface area contributed by atoms with Crippen molar-refractivity contribution in [2.45, 2.75) is 39.2 Å². The van der Waals surface area contributed by atoms with Crippen LogP contribution in [-0.4, -0.2) is 28.9 Å². The Morgan fingerprint density at radius 3 is 2.83 bits per heavy atom. The number of benzene rings is 1. The minimum atomic E-state index is -0.121. The lowest BCUT2D eigenvalue weighted by Gasteiger charge is -2.23. The summed E-state index contributed by atoms with van der Waals surface area (Å²) in [5, 5.41) is 3.77. The third-order valence-corrected chi connectivity index (χ3v) is 5.41. The van der Waals surface area contributed by atoms with Gasteiger partial charge >= 0.3 is 0 Å². The van der Waals surface area contributed by atoms with Crippen molar-refractivity contribution in [2.75, 3.05) is 18.4 Å². The van der Waals surface area contributed by atoms with Gasteiger partial charge in [0, 0.05) is 24.4 Å². The number of thiazole rings is 1. The second-order valence-electron chi connectivity index (χ2n) is 5.87. The van der Waals surface area contributed by atoms with Gasteiger partial charge in [-0.2, -0.15) is 0 Å². The average molecular weight is 329 g/mol. The molecule has 1 aromatic heterocycles. The number of likely N-dealkylation sites (N-methyl/N-ethyl adjacent to an activating group) is 1. The number of nitrogens with zero attached hydrogens (tertiary/aromatic N) is 2. The molecule has 1 atom stereocenters. The first-order valence-corrected chi connectivity index (χ1v) is 9.09. The molecule has 0 aliphatic carbocycles. The minimum Gasteiger partial charge on any atom is -0.301 e. The fraction of sp³-hybridized carbons (Fsp3) is 0.444. The monoisotopic (exact) mass is 329 g/mol. The quantitative estimate of drug-likeness (QED) is 0.910. The molecule has 5 heteroatoms. The number of nitrogens with one attached hydrogen (secondary N) is 1. The Hall–Kier alpha value is -1.72. The number of rotatable bonds is 5. The Balaban J connectivity index is 1.72. The molecule has 0 saturated carbocycles. The van der Waals surface area contributed by atoms with Crippen molar-refractivity contribution < 1.29 is 4.79 Å². The number of amides is 1. The smallest absolute Gasteiger partial charge is 0.233 e. The van der Waals surface area contributed by atoms with E-state index in [-0.39, 0.29) is 11.8 Å². The number of hydrogen-bond acceptors (Lipinski definition) is 4. The van der Waals surface area contributed by atoms with Crippen molar-refractivity contribution in [3.63, 3.8) is 0 Å². The van der Waals surface area contributed by atoms with E-state index in [0.29, 0.717) is 0 Å². The second kappa shape index (κ2) is 7.23. The molecule has 1 aromatic carbocycles. The summed E-state index contributed by atoms with van der Waals surface area (Å²) < 4.78 is 0. The maximum absolute atomic E-state index is 12.6. The molecule has 4 nitrogen and oxygen atoms in total. The summed E-state index contributed by atoms with van der Waals surface area (Å²) in [5.41, 5.74) is 2.22. The standard InChI is InChI=1S/C18H23N3OS/c1-3-14(13-8-6-5-7-9-13)17(22)20-18-19-15-10-11-21(4-2)12-16(15)23-18/h5-9,14H,3-4,10-12H2,1-2H3,(H,19,20,22). The molecule has 1 unspecified atom stereocenters. The molecule has 1 amide bonds. The largest absolute Gasteiger partial charge is 0.301 e. The summed E-state index contributed by atoms with van der Waals surface area (Å²) in [5.74, 6) is -0.0820. The SMILES string of the molecule is CCC(C(=O)Nc1nc2c(s1)CN(CC)CC2)c1ccccc1. The second-order valence-corrected chi connectivity index (χ2v) is 6.95. The van der Waals surface area contributed by atoms with Crippen molar-refractivity contribution in [1.29, 1.82) is 0 Å². The molecule has 0 radical (unpaired) electrons. The van der Waals surface area contributed by atoms with Crippen LogP contribution in [0, 0.1) is 0 Å². The van der Waals surface area contributed by atoms with Crippen LogP contribution < -0.4 is 5.32 Å². The zero-order valence-electron chi connectivity index (χ0n) is 13.7. The first kappa shape index (κ1) is 16.1. The molecule has 1 aliphatic rings. The van der Waals surface area contributed by atoms with Gasteiger partial charge in [0.15, 0.2) is 5.13 Å². The van der Waals surface area contributed by atoms with E-state index in [1.54, 1.807) is 11.3 Å². The summed E-state index contributed by atoms with van der Waals surface area (Å²) in [7, 11) is 0. The van der Waals surface area contributed by atoms with E-state index < -0.39 is 0 Å². The Morgan fingerprint density at radius 1 is 1.35 bits per heavy atom. The Labute approximate surface area is 141 Å². The zero-order chi connectivity index (χ0) is 16.2. The molecule has 0 spiro atoms. The van der Waals surface area contributed by atoms with Gasteiger partial charge in [-0.05, 0) is 18.5 Å². The molecule has 122 valence electrons. The van der Waals surface area contributed by atoms with E-state index in [1.165, 1.54) is 4.88 Å². The molecule has 2 aromatic rings. The topological polar surface area (TPSA) is 45.2 Å². The molecule has 1 aliphatic heterocycles. The van der Waals surface area contributed by atoms with E-state index in [9.17, 15) is 4.79 Å². The molecule has 3 rings (SSSR count). The normalized spacial score (nSPS) is 15.9. The van der Waals surface area contributed by atoms with E-state index in [0.717, 1.165) is 48.9 Å². The number of anilines is 1. The lowest BCUT2D eigenvalue weighted by atomic mass is 9.96. The molecule has 0 saturated heterocycles. The molecule has 0 bridgehead atoms. The van der Waals surface area contributed by atoms with Gasteiger partial charge in [0.25, 0.3) is 0 Å². The van der Waals surface area contributed by atoms with Gasteiger partial charge in [-0.3, -0.25) is 9.69 Å². The highest BCUT2D eigenvalue weighted by molar-refractivity contribution is 7.15. The highest BCUT2D eigenvalue weighted by Crippen LogP contribution is 2.29. The number of carbonyl (C=O) groups excluding carboxylic acids is 1. The molecule has 1 N–H and O–H groups in total. The zero-order valence-corrected chi connectivity index (χ0v) is 14.5. The molecule has 23 heavy (non-hydrogen) atoms. The third-order valence-electron chi connectivity index (χ3n) is 4.41. The fourth-order valence-electron chi connectivity index (χ4n) is 3.02. The summed E-state index contributed by atoms with van der Waals surface area (Å²) in [6.45, 7) is 7.30. The summed E-state index contributed by atoms with van der Waals surface area (Å²) >= 11 is 1.62. The third kappa shape index (κ3) is 3.62. The Kier molecular flexibility index (Phi) is 5.08. The minimum absolute atomic E-state index is 0.0390. The maximum Gasteiger partial charge on any atom is 0.233 e. The van der Waals surface area contributed by atoms with Crippen LogP contribution in [0.2, 0.25) is 0 Å². The Bertz CT molecular complexity index is 668. The van der Waals surface area contributed by atoms with Gasteiger partial charge in [0.05, 0.1) is 11.6 Å². The van der Waals surface area contributed by atoms with Crippen LogP contribution in [0.25, 0.3) is 0 Å². The number of hydrogen-bond donors (Lipinski definition) is 1. The summed E-state index contributed by atoms with van der Waals surface area (Å²) in [6, 6.07) is 9.96. The molecular formula is C18H23N3OS. The van der Waals surface area contributed by atoms with Gasteiger partial charge in [-0.1, -0.05) is 44.2 Å². The lowest BCUT2D eigenvalue weighted by Crippen LogP contribution is -2.29. The summed E-state index contributed by atoms with van der Waals surface area (Å²) in [6.07, 6.45) is 1.76. The predicted molar refractivity (Wildman–Crippen MR) is 94.9 cm³/mol. The van der Waals surface area contributed by atoms with Crippen LogP contribution in [-0.2, 0) is 17.8 Å².